The molecule has 0 bridgehead atoms. The Morgan fingerprint density at radius 3 is 2.41 bits per heavy atom. The number of carbonyl (C=O) groups is 2. The average molecular weight is 616 g/mol. The van der Waals surface area contributed by atoms with Crippen molar-refractivity contribution >= 4 is 39.4 Å². The molecule has 2 aromatic rings. The first kappa shape index (κ1) is 28.6. The van der Waals surface area contributed by atoms with Crippen LogP contribution in [0.1, 0.15) is 94.0 Å². The highest BCUT2D eigenvalue weighted by molar-refractivity contribution is 9.10. The van der Waals surface area contributed by atoms with Crippen LogP contribution in [0.25, 0.3) is 0 Å². The molecule has 3 aliphatic rings. The Morgan fingerprint density at radius 2 is 1.72 bits per heavy atom. The third-order valence-corrected chi connectivity index (χ3v) is 9.45. The van der Waals surface area contributed by atoms with Gasteiger partial charge in [-0.2, -0.15) is 0 Å². The number of amides is 1. The van der Waals surface area contributed by atoms with E-state index in [2.05, 4.69) is 39.0 Å². The average Bonchev–Trinajstić information content (AvgIpc) is 3.04. The van der Waals surface area contributed by atoms with Crippen molar-refractivity contribution in [3.63, 3.8) is 0 Å². The summed E-state index contributed by atoms with van der Waals surface area (Å²) >= 11 is 10.0. The minimum absolute atomic E-state index is 0.0271. The summed E-state index contributed by atoms with van der Waals surface area (Å²) in [5.41, 5.74) is 4.71. The van der Waals surface area contributed by atoms with Crippen LogP contribution in [0.2, 0.25) is 5.02 Å². The largest absolute Gasteiger partial charge is 0.460 e. The summed E-state index contributed by atoms with van der Waals surface area (Å²) in [5.74, 6) is 1.18. The molecule has 1 aromatic heterocycles. The number of hydrogen-bond acceptors (Lipinski definition) is 4. The van der Waals surface area contributed by atoms with Crippen LogP contribution in [0.15, 0.2) is 34.9 Å². The standard InChI is InChI=1S/C32H40BrClN2O3/c1-32(2,3)39-31(38)22-6-4-20(5-7-22)16-28(37)36-14-12-21(13-15-36)29-27-11-10-26(34)18-23(27)8-9-24-17-25(33)19-35-30(24)29/h10-11,17-22,29H,4-9,12-16H2,1-3H3. The van der Waals surface area contributed by atoms with E-state index in [0.717, 1.165) is 74.0 Å². The number of hydrogen-bond donors (Lipinski definition) is 0. The smallest absolute Gasteiger partial charge is 0.309 e. The Morgan fingerprint density at radius 1 is 1.03 bits per heavy atom. The Balaban J connectivity index is 1.20. The number of fused-ring (bicyclic) bond motifs is 2. The number of carbonyl (C=O) groups excluding carboxylic acids is 2. The van der Waals surface area contributed by atoms with Gasteiger partial charge in [-0.05, 0) is 135 Å². The molecule has 1 unspecified atom stereocenters. The molecule has 5 nitrogen and oxygen atoms in total. The molecule has 1 amide bonds. The molecular formula is C32H40BrClN2O3. The lowest BCUT2D eigenvalue weighted by Gasteiger charge is -2.37. The topological polar surface area (TPSA) is 59.5 Å². The summed E-state index contributed by atoms with van der Waals surface area (Å²) in [6.45, 7) is 7.33. The van der Waals surface area contributed by atoms with E-state index >= 15 is 0 Å². The minimum atomic E-state index is -0.448. The lowest BCUT2D eigenvalue weighted by molar-refractivity contribution is -0.161. The highest BCUT2D eigenvalue weighted by atomic mass is 79.9. The summed E-state index contributed by atoms with van der Waals surface area (Å²) < 4.78 is 6.60. The molecule has 1 aromatic carbocycles. The van der Waals surface area contributed by atoms with Crippen molar-refractivity contribution in [2.24, 2.45) is 17.8 Å². The van der Waals surface area contributed by atoms with Crippen LogP contribution < -0.4 is 0 Å². The second-order valence-electron chi connectivity index (χ2n) is 12.7. The van der Waals surface area contributed by atoms with Gasteiger partial charge >= 0.3 is 5.97 Å². The number of benzene rings is 1. The predicted octanol–water partition coefficient (Wildman–Crippen LogP) is 7.50. The van der Waals surface area contributed by atoms with Crippen LogP contribution in [0.4, 0.5) is 0 Å². The summed E-state index contributed by atoms with van der Waals surface area (Å²) in [4.78, 5) is 32.7. The molecule has 1 saturated heterocycles. The molecule has 2 aliphatic carbocycles. The van der Waals surface area contributed by atoms with E-state index in [4.69, 9.17) is 21.3 Å². The third kappa shape index (κ3) is 6.87. The quantitative estimate of drug-likeness (QED) is 0.334. The van der Waals surface area contributed by atoms with Gasteiger partial charge in [0.2, 0.25) is 5.91 Å². The zero-order chi connectivity index (χ0) is 27.7. The van der Waals surface area contributed by atoms with Crippen molar-refractivity contribution in [1.29, 1.82) is 0 Å². The fourth-order valence-electron chi connectivity index (χ4n) is 6.81. The van der Waals surface area contributed by atoms with Crippen LogP contribution in [-0.4, -0.2) is 40.5 Å². The molecule has 0 spiro atoms. The van der Waals surface area contributed by atoms with Gasteiger partial charge in [0.15, 0.2) is 0 Å². The zero-order valence-corrected chi connectivity index (χ0v) is 25.7. The number of pyridine rings is 1. The van der Waals surface area contributed by atoms with E-state index in [9.17, 15) is 9.59 Å². The number of ether oxygens (including phenoxy) is 1. The van der Waals surface area contributed by atoms with Crippen LogP contribution in [0.5, 0.6) is 0 Å². The summed E-state index contributed by atoms with van der Waals surface area (Å²) in [7, 11) is 0. The molecule has 0 N–H and O–H groups in total. The van der Waals surface area contributed by atoms with E-state index in [1.807, 2.05) is 33.0 Å². The maximum Gasteiger partial charge on any atom is 0.309 e. The summed E-state index contributed by atoms with van der Waals surface area (Å²) in [6.07, 6.45) is 9.87. The Bertz CT molecular complexity index is 1160. The fraction of sp³-hybridized carbons (Fsp3) is 0.594. The Kier molecular flexibility index (Phi) is 8.73. The molecule has 2 heterocycles. The Labute approximate surface area is 246 Å². The van der Waals surface area contributed by atoms with Gasteiger partial charge in [-0.25, -0.2) is 0 Å². The molecule has 1 saturated carbocycles. The first-order valence-corrected chi connectivity index (χ1v) is 15.7. The molecule has 210 valence electrons. The SMILES string of the molecule is CC(C)(C)OC(=O)C1CCC(CC(=O)N2CCC(C3c4ccc(Cl)cc4CCc4cc(Br)cnc43)CC2)CC1. The van der Waals surface area contributed by atoms with Gasteiger partial charge in [0, 0.05) is 41.1 Å². The van der Waals surface area contributed by atoms with Gasteiger partial charge in [0.1, 0.15) is 5.60 Å². The van der Waals surface area contributed by atoms with E-state index in [-0.39, 0.29) is 23.7 Å². The zero-order valence-electron chi connectivity index (χ0n) is 23.3. The maximum absolute atomic E-state index is 13.3. The van der Waals surface area contributed by atoms with Crippen LogP contribution >= 0.6 is 27.5 Å². The summed E-state index contributed by atoms with van der Waals surface area (Å²) in [6, 6.07) is 8.56. The van der Waals surface area contributed by atoms with E-state index in [1.54, 1.807) is 0 Å². The number of halogens is 2. The lowest BCUT2D eigenvalue weighted by Crippen LogP contribution is -2.41. The van der Waals surface area contributed by atoms with E-state index in [0.29, 0.717) is 18.3 Å². The van der Waals surface area contributed by atoms with E-state index < -0.39 is 5.60 Å². The monoisotopic (exact) mass is 614 g/mol. The second kappa shape index (κ2) is 11.9. The lowest BCUT2D eigenvalue weighted by atomic mass is 9.76. The van der Waals surface area contributed by atoms with Gasteiger partial charge in [-0.1, -0.05) is 17.7 Å². The van der Waals surface area contributed by atoms with Gasteiger partial charge < -0.3 is 9.64 Å². The highest BCUT2D eigenvalue weighted by Crippen LogP contribution is 2.43. The van der Waals surface area contributed by atoms with Crippen LogP contribution in [0.3, 0.4) is 0 Å². The van der Waals surface area contributed by atoms with Gasteiger partial charge in [0.05, 0.1) is 11.6 Å². The number of esters is 1. The molecule has 0 radical (unpaired) electrons. The Hall–Kier alpha value is -1.92. The van der Waals surface area contributed by atoms with E-state index in [1.165, 1.54) is 22.4 Å². The normalized spacial score (nSPS) is 23.9. The molecule has 2 fully saturated rings. The fourth-order valence-corrected chi connectivity index (χ4v) is 7.38. The molecule has 1 atom stereocenters. The maximum atomic E-state index is 13.3. The van der Waals surface area contributed by atoms with Gasteiger partial charge in [-0.3, -0.25) is 14.6 Å². The third-order valence-electron chi connectivity index (χ3n) is 8.78. The number of nitrogens with zero attached hydrogens (tertiary/aromatic N) is 2. The van der Waals surface area contributed by atoms with Crippen LogP contribution in [-0.2, 0) is 27.2 Å². The number of aromatic nitrogens is 1. The molecule has 5 rings (SSSR count). The number of likely N-dealkylation sites (tertiary alicyclic amines) is 1. The van der Waals surface area contributed by atoms with Crippen molar-refractivity contribution in [1.82, 2.24) is 9.88 Å². The van der Waals surface area contributed by atoms with Crippen molar-refractivity contribution < 1.29 is 14.3 Å². The molecule has 1 aliphatic heterocycles. The van der Waals surface area contributed by atoms with Crippen molar-refractivity contribution in [3.8, 4) is 0 Å². The van der Waals surface area contributed by atoms with Gasteiger partial charge in [-0.15, -0.1) is 0 Å². The highest BCUT2D eigenvalue weighted by Gasteiger charge is 2.36. The molecule has 7 heteroatoms. The first-order valence-electron chi connectivity index (χ1n) is 14.5. The predicted molar refractivity (Wildman–Crippen MR) is 158 cm³/mol. The number of rotatable bonds is 4. The summed E-state index contributed by atoms with van der Waals surface area (Å²) in [5, 5.41) is 0.785. The minimum Gasteiger partial charge on any atom is -0.460 e. The van der Waals surface area contributed by atoms with Crippen molar-refractivity contribution in [2.45, 2.75) is 90.1 Å². The van der Waals surface area contributed by atoms with Crippen molar-refractivity contribution in [3.05, 3.63) is 62.3 Å². The molecule has 39 heavy (non-hydrogen) atoms. The van der Waals surface area contributed by atoms with Crippen molar-refractivity contribution in [2.75, 3.05) is 13.1 Å². The molecular weight excluding hydrogens is 576 g/mol. The van der Waals surface area contributed by atoms with Crippen LogP contribution in [0, 0.1) is 17.8 Å². The first-order chi connectivity index (χ1) is 18.6. The number of aryl methyl sites for hydroxylation is 2. The van der Waals surface area contributed by atoms with Gasteiger partial charge in [0.25, 0.3) is 0 Å². The second-order valence-corrected chi connectivity index (χ2v) is 14.0. The number of piperidine rings is 1.